The molecule has 0 aromatic heterocycles. The van der Waals surface area contributed by atoms with Crippen LogP contribution >= 0.6 is 15.9 Å². The molecular weight excluding hydrogens is 337 g/mol. The quantitative estimate of drug-likeness (QED) is 0.852. The molecular formula is C16H15BrFNO2. The highest BCUT2D eigenvalue weighted by molar-refractivity contribution is 9.10. The minimum atomic E-state index is -0.474. The molecule has 2 rings (SSSR count). The Kier molecular flexibility index (Phi) is 5.33. The summed E-state index contributed by atoms with van der Waals surface area (Å²) in [4.78, 5) is 12.2. The fourth-order valence-corrected chi connectivity index (χ4v) is 1.99. The molecule has 2 aromatic rings. The van der Waals surface area contributed by atoms with Crippen molar-refractivity contribution in [3.05, 3.63) is 58.3 Å². The molecule has 21 heavy (non-hydrogen) atoms. The highest BCUT2D eigenvalue weighted by Crippen LogP contribution is 2.25. The molecule has 0 unspecified atom stereocenters. The average molecular weight is 352 g/mol. The first kappa shape index (κ1) is 15.5. The van der Waals surface area contributed by atoms with Gasteiger partial charge >= 0.3 is 0 Å². The monoisotopic (exact) mass is 351 g/mol. The molecule has 0 radical (unpaired) electrons. The van der Waals surface area contributed by atoms with Gasteiger partial charge in [0.05, 0.1) is 16.8 Å². The Morgan fingerprint density at radius 3 is 2.76 bits per heavy atom. The molecule has 3 nitrogen and oxygen atoms in total. The molecule has 5 heteroatoms. The molecule has 0 atom stereocenters. The van der Waals surface area contributed by atoms with Crippen LogP contribution in [0.15, 0.2) is 46.9 Å². The van der Waals surface area contributed by atoms with E-state index in [1.807, 2.05) is 13.0 Å². The maximum Gasteiger partial charge on any atom is 0.255 e. The van der Waals surface area contributed by atoms with Crippen LogP contribution in [0.3, 0.4) is 0 Å². The largest absolute Gasteiger partial charge is 0.491 e. The molecule has 0 heterocycles. The lowest BCUT2D eigenvalue weighted by Crippen LogP contribution is -2.13. The van der Waals surface area contributed by atoms with Crippen LogP contribution in [0.1, 0.15) is 23.7 Å². The molecule has 0 saturated carbocycles. The van der Waals surface area contributed by atoms with Gasteiger partial charge in [-0.1, -0.05) is 19.1 Å². The molecule has 0 aliphatic heterocycles. The van der Waals surface area contributed by atoms with Gasteiger partial charge in [0.15, 0.2) is 0 Å². The number of halogens is 2. The van der Waals surface area contributed by atoms with Gasteiger partial charge in [0.2, 0.25) is 0 Å². The summed E-state index contributed by atoms with van der Waals surface area (Å²) in [6.07, 6.45) is 0.875. The van der Waals surface area contributed by atoms with Crippen LogP contribution in [0.25, 0.3) is 0 Å². The van der Waals surface area contributed by atoms with Crippen molar-refractivity contribution in [3.8, 4) is 5.75 Å². The standard InChI is InChI=1S/C16H15BrFNO2/c1-2-9-21-15-6-4-3-5-14(15)19-16(20)11-7-8-12(17)13(18)10-11/h3-8,10H,2,9H2,1H3,(H,19,20). The van der Waals surface area contributed by atoms with E-state index in [-0.39, 0.29) is 11.5 Å². The topological polar surface area (TPSA) is 38.3 Å². The van der Waals surface area contributed by atoms with Gasteiger partial charge in [0.25, 0.3) is 5.91 Å². The fraction of sp³-hybridized carbons (Fsp3) is 0.188. The van der Waals surface area contributed by atoms with E-state index in [9.17, 15) is 9.18 Å². The van der Waals surface area contributed by atoms with E-state index in [4.69, 9.17) is 4.74 Å². The van der Waals surface area contributed by atoms with E-state index >= 15 is 0 Å². The average Bonchev–Trinajstić information content (AvgIpc) is 2.49. The molecule has 0 spiro atoms. The maximum absolute atomic E-state index is 13.5. The number of ether oxygens (including phenoxy) is 1. The first-order valence-electron chi connectivity index (χ1n) is 6.60. The molecule has 0 fully saturated rings. The summed E-state index contributed by atoms with van der Waals surface area (Å²) in [7, 11) is 0. The Bertz CT molecular complexity index is 646. The lowest BCUT2D eigenvalue weighted by atomic mass is 10.2. The SMILES string of the molecule is CCCOc1ccccc1NC(=O)c1ccc(Br)c(F)c1. The first-order chi connectivity index (χ1) is 10.1. The molecule has 1 amide bonds. The van der Waals surface area contributed by atoms with Gasteiger partial charge in [-0.25, -0.2) is 4.39 Å². The summed E-state index contributed by atoms with van der Waals surface area (Å²) < 4.78 is 19.4. The molecule has 0 aliphatic rings. The number of amides is 1. The van der Waals surface area contributed by atoms with Crippen LogP contribution in [0, 0.1) is 5.82 Å². The number of anilines is 1. The highest BCUT2D eigenvalue weighted by Gasteiger charge is 2.11. The summed E-state index contributed by atoms with van der Waals surface area (Å²) >= 11 is 3.06. The van der Waals surface area contributed by atoms with E-state index in [2.05, 4.69) is 21.2 Å². The Morgan fingerprint density at radius 1 is 1.29 bits per heavy atom. The number of rotatable bonds is 5. The third kappa shape index (κ3) is 4.04. The lowest BCUT2D eigenvalue weighted by Gasteiger charge is -2.12. The number of carbonyl (C=O) groups excluding carboxylic acids is 1. The minimum Gasteiger partial charge on any atom is -0.491 e. The van der Waals surface area contributed by atoms with Crippen LogP contribution in [-0.4, -0.2) is 12.5 Å². The zero-order valence-corrected chi connectivity index (χ0v) is 13.1. The van der Waals surface area contributed by atoms with Gasteiger partial charge in [-0.15, -0.1) is 0 Å². The number of carbonyl (C=O) groups is 1. The van der Waals surface area contributed by atoms with Crippen molar-refractivity contribution in [3.63, 3.8) is 0 Å². The summed E-state index contributed by atoms with van der Waals surface area (Å²) in [6, 6.07) is 11.4. The Labute approximate surface area is 131 Å². The third-order valence-electron chi connectivity index (χ3n) is 2.78. The normalized spacial score (nSPS) is 10.2. The molecule has 110 valence electrons. The molecule has 2 aromatic carbocycles. The van der Waals surface area contributed by atoms with Gasteiger partial charge < -0.3 is 10.1 Å². The summed E-state index contributed by atoms with van der Waals surface area (Å²) in [5, 5.41) is 2.74. The van der Waals surface area contributed by atoms with Crippen molar-refractivity contribution in [2.24, 2.45) is 0 Å². The first-order valence-corrected chi connectivity index (χ1v) is 7.39. The molecule has 1 N–H and O–H groups in total. The van der Waals surface area contributed by atoms with Crippen molar-refractivity contribution >= 4 is 27.5 Å². The van der Waals surface area contributed by atoms with Crippen LogP contribution in [-0.2, 0) is 0 Å². The highest BCUT2D eigenvalue weighted by atomic mass is 79.9. The van der Waals surface area contributed by atoms with Crippen LogP contribution < -0.4 is 10.1 Å². The Morgan fingerprint density at radius 2 is 2.05 bits per heavy atom. The van der Waals surface area contributed by atoms with Crippen molar-refractivity contribution < 1.29 is 13.9 Å². The summed E-state index contributed by atoms with van der Waals surface area (Å²) in [5.74, 6) is -0.252. The number of hydrogen-bond donors (Lipinski definition) is 1. The number of para-hydroxylation sites is 2. The van der Waals surface area contributed by atoms with Gasteiger partial charge in [0, 0.05) is 5.56 Å². The lowest BCUT2D eigenvalue weighted by molar-refractivity contribution is 0.102. The third-order valence-corrected chi connectivity index (χ3v) is 3.42. The van der Waals surface area contributed by atoms with E-state index in [0.717, 1.165) is 6.42 Å². The molecule has 0 bridgehead atoms. The predicted molar refractivity (Wildman–Crippen MR) is 84.3 cm³/mol. The number of nitrogens with one attached hydrogen (secondary N) is 1. The van der Waals surface area contributed by atoms with Crippen molar-refractivity contribution in [1.82, 2.24) is 0 Å². The minimum absolute atomic E-state index is 0.251. The number of hydrogen-bond acceptors (Lipinski definition) is 2. The Hall–Kier alpha value is -1.88. The van der Waals surface area contributed by atoms with Crippen molar-refractivity contribution in [2.45, 2.75) is 13.3 Å². The molecule has 0 saturated heterocycles. The predicted octanol–water partition coefficient (Wildman–Crippen LogP) is 4.63. The molecule has 0 aliphatic carbocycles. The summed E-state index contributed by atoms with van der Waals surface area (Å²) in [6.45, 7) is 2.57. The second kappa shape index (κ2) is 7.22. The van der Waals surface area contributed by atoms with E-state index in [0.29, 0.717) is 22.5 Å². The number of benzene rings is 2. The van der Waals surface area contributed by atoms with Crippen LogP contribution in [0.4, 0.5) is 10.1 Å². The second-order valence-corrected chi connectivity index (χ2v) is 5.28. The van der Waals surface area contributed by atoms with E-state index in [1.54, 1.807) is 24.3 Å². The van der Waals surface area contributed by atoms with E-state index in [1.165, 1.54) is 12.1 Å². The van der Waals surface area contributed by atoms with Gasteiger partial charge in [0.1, 0.15) is 11.6 Å². The maximum atomic E-state index is 13.5. The van der Waals surface area contributed by atoms with Crippen molar-refractivity contribution in [2.75, 3.05) is 11.9 Å². The van der Waals surface area contributed by atoms with Crippen LogP contribution in [0.2, 0.25) is 0 Å². The van der Waals surface area contributed by atoms with E-state index < -0.39 is 5.82 Å². The second-order valence-electron chi connectivity index (χ2n) is 4.43. The fourth-order valence-electron chi connectivity index (χ4n) is 1.74. The smallest absolute Gasteiger partial charge is 0.255 e. The summed E-state index contributed by atoms with van der Waals surface area (Å²) in [5.41, 5.74) is 0.820. The zero-order valence-electron chi connectivity index (χ0n) is 11.5. The van der Waals surface area contributed by atoms with Crippen LogP contribution in [0.5, 0.6) is 5.75 Å². The van der Waals surface area contributed by atoms with Gasteiger partial charge in [-0.2, -0.15) is 0 Å². The zero-order chi connectivity index (χ0) is 15.2. The van der Waals surface area contributed by atoms with Gasteiger partial charge in [-0.3, -0.25) is 4.79 Å². The van der Waals surface area contributed by atoms with Gasteiger partial charge in [-0.05, 0) is 52.7 Å². The Balaban J connectivity index is 2.17. The van der Waals surface area contributed by atoms with Crippen molar-refractivity contribution in [1.29, 1.82) is 0 Å².